The zero-order valence-corrected chi connectivity index (χ0v) is 11.1. The molecule has 0 unspecified atom stereocenters. The van der Waals surface area contributed by atoms with E-state index in [-0.39, 0.29) is 5.71 Å². The lowest BCUT2D eigenvalue weighted by molar-refractivity contribution is 1.08. The minimum absolute atomic E-state index is 0.201. The molecular weight excluding hydrogens is 276 g/mol. The third-order valence-electron chi connectivity index (χ3n) is 2.50. The van der Waals surface area contributed by atoms with Crippen molar-refractivity contribution in [1.29, 1.82) is 10.7 Å². The zero-order chi connectivity index (χ0) is 14.5. The minimum Gasteiger partial charge on any atom is -0.382 e. The van der Waals surface area contributed by atoms with Crippen LogP contribution in [0.15, 0.2) is 47.8 Å². The fraction of sp³-hybridized carbons (Fsp3) is 0. The molecule has 0 spiro atoms. The Morgan fingerprint density at radius 2 is 2.10 bits per heavy atom. The van der Waals surface area contributed by atoms with Crippen molar-refractivity contribution in [2.45, 2.75) is 0 Å². The molecule has 0 amide bonds. The molecule has 1 aromatic carbocycles. The van der Waals surface area contributed by atoms with Crippen LogP contribution >= 0.6 is 11.6 Å². The summed E-state index contributed by atoms with van der Waals surface area (Å²) in [5, 5.41) is 20.2. The number of hydrogen-bond donors (Lipinski definition) is 3. The Labute approximate surface area is 120 Å². The first-order valence-electron chi connectivity index (χ1n) is 5.63. The van der Waals surface area contributed by atoms with Crippen LogP contribution in [0.3, 0.4) is 0 Å². The van der Waals surface area contributed by atoms with Gasteiger partial charge in [-0.1, -0.05) is 11.6 Å². The predicted molar refractivity (Wildman–Crippen MR) is 79.4 cm³/mol. The van der Waals surface area contributed by atoms with Gasteiger partial charge in [-0.05, 0) is 30.3 Å². The van der Waals surface area contributed by atoms with E-state index in [0.29, 0.717) is 10.7 Å². The molecule has 0 fully saturated rings. The number of rotatable bonds is 4. The average molecular weight is 287 g/mol. The van der Waals surface area contributed by atoms with Crippen molar-refractivity contribution in [2.75, 3.05) is 5.43 Å². The van der Waals surface area contributed by atoms with Gasteiger partial charge in [-0.15, -0.1) is 0 Å². The molecule has 0 atom stereocenters. The first-order chi connectivity index (χ1) is 9.61. The van der Waals surface area contributed by atoms with Crippen LogP contribution in [0.5, 0.6) is 0 Å². The molecule has 20 heavy (non-hydrogen) atoms. The van der Waals surface area contributed by atoms with Crippen LogP contribution in [0.1, 0.15) is 0 Å². The molecule has 2 aromatic rings. The maximum atomic E-state index is 8.77. The van der Waals surface area contributed by atoms with Crippen LogP contribution < -0.4 is 11.2 Å². The smallest absolute Gasteiger partial charge is 0.201 e. The van der Waals surface area contributed by atoms with Gasteiger partial charge < -0.3 is 10.3 Å². The van der Waals surface area contributed by atoms with Crippen LogP contribution in [0.25, 0.3) is 5.69 Å². The number of halogens is 1. The van der Waals surface area contributed by atoms with Gasteiger partial charge in [0.2, 0.25) is 5.71 Å². The van der Waals surface area contributed by atoms with E-state index in [1.54, 1.807) is 18.2 Å². The lowest BCUT2D eigenvalue weighted by atomic mass is 10.3. The Morgan fingerprint density at radius 1 is 1.40 bits per heavy atom. The number of hydrogen-bond acceptors (Lipinski definition) is 4. The monoisotopic (exact) mass is 286 g/mol. The summed E-state index contributed by atoms with van der Waals surface area (Å²) in [6.45, 7) is 0. The quantitative estimate of drug-likeness (QED) is 0.456. The molecule has 0 radical (unpaired) electrons. The van der Waals surface area contributed by atoms with Gasteiger partial charge in [0.25, 0.3) is 0 Å². The zero-order valence-electron chi connectivity index (χ0n) is 10.3. The molecule has 0 bridgehead atoms. The van der Waals surface area contributed by atoms with Gasteiger partial charge >= 0.3 is 0 Å². The van der Waals surface area contributed by atoms with Gasteiger partial charge in [0, 0.05) is 18.1 Å². The summed E-state index contributed by atoms with van der Waals surface area (Å²) in [5.74, 6) is -0.405. The number of anilines is 1. The fourth-order valence-corrected chi connectivity index (χ4v) is 1.69. The van der Waals surface area contributed by atoms with Gasteiger partial charge in [0.15, 0.2) is 5.84 Å². The molecule has 6 nitrogen and oxygen atoms in total. The van der Waals surface area contributed by atoms with Gasteiger partial charge in [-0.2, -0.15) is 10.4 Å². The first kappa shape index (κ1) is 13.6. The number of aromatic nitrogens is 1. The average Bonchev–Trinajstić information content (AvgIpc) is 2.95. The van der Waals surface area contributed by atoms with Crippen LogP contribution in [0, 0.1) is 16.7 Å². The molecule has 1 heterocycles. The van der Waals surface area contributed by atoms with E-state index in [9.17, 15) is 0 Å². The topological polar surface area (TPSA) is 103 Å². The van der Waals surface area contributed by atoms with Crippen LogP contribution in [-0.4, -0.2) is 16.1 Å². The van der Waals surface area contributed by atoms with Crippen molar-refractivity contribution >= 4 is 28.8 Å². The largest absolute Gasteiger partial charge is 0.382 e. The molecular formula is C13H11ClN6. The number of nitrogens with two attached hydrogens (primary N) is 1. The van der Waals surface area contributed by atoms with Crippen molar-refractivity contribution in [3.05, 3.63) is 47.7 Å². The summed E-state index contributed by atoms with van der Waals surface area (Å²) in [4.78, 5) is 0. The third kappa shape index (κ3) is 2.96. The van der Waals surface area contributed by atoms with E-state index in [1.807, 2.05) is 35.2 Å². The van der Waals surface area contributed by atoms with E-state index in [2.05, 4.69) is 10.5 Å². The number of nitrogens with zero attached hydrogens (tertiary/aromatic N) is 3. The summed E-state index contributed by atoms with van der Waals surface area (Å²) >= 11 is 6.05. The van der Waals surface area contributed by atoms with Crippen molar-refractivity contribution < 1.29 is 0 Å². The summed E-state index contributed by atoms with van der Waals surface area (Å²) in [6, 6.07) is 10.9. The minimum atomic E-state index is -0.405. The normalized spacial score (nSPS) is 10.9. The maximum absolute atomic E-state index is 8.77. The van der Waals surface area contributed by atoms with Crippen LogP contribution in [0.2, 0.25) is 5.02 Å². The van der Waals surface area contributed by atoms with E-state index < -0.39 is 5.84 Å². The molecule has 0 aliphatic carbocycles. The molecule has 7 heteroatoms. The van der Waals surface area contributed by atoms with Crippen LogP contribution in [0.4, 0.5) is 5.69 Å². The van der Waals surface area contributed by atoms with E-state index >= 15 is 0 Å². The molecule has 0 aliphatic heterocycles. The third-order valence-corrected chi connectivity index (χ3v) is 2.83. The van der Waals surface area contributed by atoms with Crippen molar-refractivity contribution in [3.8, 4) is 11.8 Å². The highest BCUT2D eigenvalue weighted by molar-refractivity contribution is 6.46. The fourth-order valence-electron chi connectivity index (χ4n) is 1.53. The van der Waals surface area contributed by atoms with E-state index in [0.717, 1.165) is 5.69 Å². The Balaban J connectivity index is 2.31. The van der Waals surface area contributed by atoms with Gasteiger partial charge in [0.1, 0.15) is 6.07 Å². The molecule has 1 aromatic heterocycles. The van der Waals surface area contributed by atoms with Crippen LogP contribution in [-0.2, 0) is 0 Å². The lowest BCUT2D eigenvalue weighted by Gasteiger charge is -2.08. The number of benzene rings is 1. The van der Waals surface area contributed by atoms with Gasteiger partial charge in [-0.3, -0.25) is 10.8 Å². The molecule has 2 rings (SSSR count). The summed E-state index contributed by atoms with van der Waals surface area (Å²) < 4.78 is 1.90. The Hall–Kier alpha value is -2.78. The second-order valence-electron chi connectivity index (χ2n) is 3.85. The van der Waals surface area contributed by atoms with Crippen molar-refractivity contribution in [3.63, 3.8) is 0 Å². The van der Waals surface area contributed by atoms with Crippen molar-refractivity contribution in [2.24, 2.45) is 10.8 Å². The summed E-state index contributed by atoms with van der Waals surface area (Å²) in [6.07, 6.45) is 3.79. The number of hydrazone groups is 1. The highest BCUT2D eigenvalue weighted by Crippen LogP contribution is 2.25. The SMILES string of the molecule is N#C/C(=N\Nc1cc(-n2cccc2)ccc1Cl)C(=N)N. The van der Waals surface area contributed by atoms with Crippen molar-refractivity contribution in [1.82, 2.24) is 4.57 Å². The summed E-state index contributed by atoms with van der Waals surface area (Å²) in [7, 11) is 0. The Bertz CT molecular complexity index is 696. The molecule has 4 N–H and O–H groups in total. The standard InChI is InChI=1S/C13H11ClN6/c14-10-4-3-9(20-5-1-2-6-20)7-11(10)18-19-12(8-15)13(16)17/h1-7,18H,(H3,16,17)/b19-12+. The van der Waals surface area contributed by atoms with Gasteiger partial charge in [0.05, 0.1) is 10.7 Å². The summed E-state index contributed by atoms with van der Waals surface area (Å²) in [5.41, 5.74) is 9.06. The molecule has 0 saturated heterocycles. The molecule has 0 saturated carbocycles. The lowest BCUT2D eigenvalue weighted by Crippen LogP contribution is -2.21. The number of amidine groups is 1. The predicted octanol–water partition coefficient (Wildman–Crippen LogP) is 2.36. The maximum Gasteiger partial charge on any atom is 0.201 e. The number of nitriles is 1. The Morgan fingerprint density at radius 3 is 2.70 bits per heavy atom. The highest BCUT2D eigenvalue weighted by Gasteiger charge is 2.05. The van der Waals surface area contributed by atoms with Gasteiger partial charge in [-0.25, -0.2) is 0 Å². The highest BCUT2D eigenvalue weighted by atomic mass is 35.5. The Kier molecular flexibility index (Phi) is 4.03. The first-order valence-corrected chi connectivity index (χ1v) is 6.00. The van der Waals surface area contributed by atoms with E-state index in [1.165, 1.54) is 0 Å². The second kappa shape index (κ2) is 5.91. The second-order valence-corrected chi connectivity index (χ2v) is 4.26. The van der Waals surface area contributed by atoms with E-state index in [4.69, 9.17) is 28.0 Å². The molecule has 100 valence electrons. The number of nitrogens with one attached hydrogen (secondary N) is 2. The molecule has 0 aliphatic rings.